The number of thiazole rings is 1. The molecule has 1 N–H and O–H groups in total. The van der Waals surface area contributed by atoms with E-state index in [1.807, 2.05) is 17.5 Å². The summed E-state index contributed by atoms with van der Waals surface area (Å²) in [4.78, 5) is 16.2. The highest BCUT2D eigenvalue weighted by atomic mass is 35.5. The number of benzene rings is 2. The molecule has 0 saturated carbocycles. The number of carbonyl (C=O) groups is 1. The Morgan fingerprint density at radius 3 is 2.39 bits per heavy atom. The first-order valence-corrected chi connectivity index (χ1v) is 9.61. The minimum absolute atomic E-state index is 0.221. The molecular formula is C20H14ClFN4OS. The van der Waals surface area contributed by atoms with Gasteiger partial charge >= 0.3 is 0 Å². The third-order valence-electron chi connectivity index (χ3n) is 3.97. The van der Waals surface area contributed by atoms with Crippen LogP contribution in [0.5, 0.6) is 0 Å². The molecular weight excluding hydrogens is 399 g/mol. The Bertz CT molecular complexity index is 1140. The lowest BCUT2D eigenvalue weighted by Gasteiger charge is -2.03. The molecule has 1 amide bonds. The van der Waals surface area contributed by atoms with Crippen LogP contribution in [0.4, 0.5) is 10.2 Å². The molecule has 28 heavy (non-hydrogen) atoms. The van der Waals surface area contributed by atoms with Gasteiger partial charge in [0, 0.05) is 34.5 Å². The minimum atomic E-state index is -0.321. The van der Waals surface area contributed by atoms with Gasteiger partial charge in [0.15, 0.2) is 0 Å². The number of amides is 1. The fraction of sp³-hybridized carbons (Fsp3) is 0.0500. The van der Waals surface area contributed by atoms with Gasteiger partial charge in [0.05, 0.1) is 11.4 Å². The molecule has 140 valence electrons. The molecule has 0 bridgehead atoms. The van der Waals surface area contributed by atoms with E-state index in [-0.39, 0.29) is 11.7 Å². The van der Waals surface area contributed by atoms with Crippen LogP contribution in [0.25, 0.3) is 27.6 Å². The fourth-order valence-electron chi connectivity index (χ4n) is 2.67. The minimum Gasteiger partial charge on any atom is -0.311 e. The fourth-order valence-corrected chi connectivity index (χ4v) is 3.59. The summed E-state index contributed by atoms with van der Waals surface area (Å²) >= 11 is 7.34. The largest absolute Gasteiger partial charge is 0.311 e. The van der Waals surface area contributed by atoms with Crippen molar-refractivity contribution in [1.29, 1.82) is 0 Å². The van der Waals surface area contributed by atoms with Crippen molar-refractivity contribution in [3.63, 3.8) is 0 Å². The van der Waals surface area contributed by atoms with Crippen LogP contribution in [0.1, 0.15) is 6.92 Å². The number of aromatic nitrogens is 3. The number of carbonyl (C=O) groups excluding carboxylic acids is 1. The van der Waals surface area contributed by atoms with Gasteiger partial charge in [-0.15, -0.1) is 11.3 Å². The number of nitrogens with zero attached hydrogens (tertiary/aromatic N) is 3. The SMILES string of the molecule is CC(=O)Nc1cc(-c2ccc(F)cc2)nn1-c1nc(-c2ccc(Cl)cc2)cs1. The van der Waals surface area contributed by atoms with E-state index < -0.39 is 0 Å². The molecule has 8 heteroatoms. The van der Waals surface area contributed by atoms with Crippen molar-refractivity contribution < 1.29 is 9.18 Å². The Balaban J connectivity index is 1.74. The van der Waals surface area contributed by atoms with Crippen molar-refractivity contribution in [1.82, 2.24) is 14.8 Å². The average molecular weight is 413 g/mol. The molecule has 0 fully saturated rings. The van der Waals surface area contributed by atoms with Crippen molar-refractivity contribution in [3.05, 3.63) is 70.8 Å². The van der Waals surface area contributed by atoms with Crippen LogP contribution in [-0.2, 0) is 4.79 Å². The van der Waals surface area contributed by atoms with E-state index in [0.29, 0.717) is 21.7 Å². The second-order valence-corrected chi connectivity index (χ2v) is 7.31. The van der Waals surface area contributed by atoms with E-state index in [1.54, 1.807) is 35.0 Å². The third kappa shape index (κ3) is 3.81. The number of anilines is 1. The van der Waals surface area contributed by atoms with Gasteiger partial charge in [-0.3, -0.25) is 4.79 Å². The Morgan fingerprint density at radius 1 is 1.07 bits per heavy atom. The Kier molecular flexibility index (Phi) is 4.93. The highest BCUT2D eigenvalue weighted by Crippen LogP contribution is 2.29. The normalized spacial score (nSPS) is 10.8. The van der Waals surface area contributed by atoms with Gasteiger partial charge in [-0.2, -0.15) is 9.78 Å². The molecule has 0 radical (unpaired) electrons. The first kappa shape index (κ1) is 18.3. The van der Waals surface area contributed by atoms with Gasteiger partial charge in [0.25, 0.3) is 0 Å². The molecule has 4 aromatic rings. The molecule has 2 aromatic carbocycles. The van der Waals surface area contributed by atoms with E-state index >= 15 is 0 Å². The van der Waals surface area contributed by atoms with Crippen LogP contribution in [0, 0.1) is 5.82 Å². The lowest BCUT2D eigenvalue weighted by Crippen LogP contribution is -2.10. The van der Waals surface area contributed by atoms with E-state index in [1.165, 1.54) is 30.4 Å². The van der Waals surface area contributed by atoms with Gasteiger partial charge < -0.3 is 5.32 Å². The second-order valence-electron chi connectivity index (χ2n) is 6.04. The zero-order chi connectivity index (χ0) is 19.7. The number of halogens is 2. The van der Waals surface area contributed by atoms with Gasteiger partial charge in [-0.1, -0.05) is 23.7 Å². The van der Waals surface area contributed by atoms with Crippen molar-refractivity contribution in [2.24, 2.45) is 0 Å². The Hall–Kier alpha value is -3.03. The van der Waals surface area contributed by atoms with Crippen LogP contribution < -0.4 is 5.32 Å². The molecule has 0 spiro atoms. The summed E-state index contributed by atoms with van der Waals surface area (Å²) in [5.74, 6) is -0.0529. The van der Waals surface area contributed by atoms with E-state index in [4.69, 9.17) is 11.6 Å². The molecule has 0 aliphatic heterocycles. The monoisotopic (exact) mass is 412 g/mol. The maximum Gasteiger partial charge on any atom is 0.222 e. The Morgan fingerprint density at radius 2 is 1.71 bits per heavy atom. The smallest absolute Gasteiger partial charge is 0.222 e. The summed E-state index contributed by atoms with van der Waals surface area (Å²) in [6.45, 7) is 1.43. The molecule has 4 rings (SSSR count). The van der Waals surface area contributed by atoms with Crippen LogP contribution in [0.3, 0.4) is 0 Å². The Labute approximate surface area is 169 Å². The van der Waals surface area contributed by atoms with E-state index in [2.05, 4.69) is 15.4 Å². The first-order valence-electron chi connectivity index (χ1n) is 8.35. The predicted molar refractivity (Wildman–Crippen MR) is 109 cm³/mol. The van der Waals surface area contributed by atoms with Gasteiger partial charge in [-0.05, 0) is 36.4 Å². The third-order valence-corrected chi connectivity index (χ3v) is 5.03. The molecule has 2 heterocycles. The van der Waals surface area contributed by atoms with Crippen LogP contribution in [0.15, 0.2) is 60.0 Å². The van der Waals surface area contributed by atoms with Crippen LogP contribution >= 0.6 is 22.9 Å². The number of hydrogen-bond donors (Lipinski definition) is 1. The number of rotatable bonds is 4. The summed E-state index contributed by atoms with van der Waals surface area (Å²) in [7, 11) is 0. The molecule has 0 saturated heterocycles. The topological polar surface area (TPSA) is 59.8 Å². The summed E-state index contributed by atoms with van der Waals surface area (Å²) in [6, 6.07) is 15.1. The van der Waals surface area contributed by atoms with Crippen molar-refractivity contribution in [2.75, 3.05) is 5.32 Å². The van der Waals surface area contributed by atoms with Gasteiger partial charge in [0.1, 0.15) is 11.6 Å². The highest BCUT2D eigenvalue weighted by Gasteiger charge is 2.16. The first-order chi connectivity index (χ1) is 13.5. The second kappa shape index (κ2) is 7.53. The van der Waals surface area contributed by atoms with E-state index in [9.17, 15) is 9.18 Å². The number of nitrogens with one attached hydrogen (secondary N) is 1. The molecule has 2 aromatic heterocycles. The summed E-state index contributed by atoms with van der Waals surface area (Å²) in [5, 5.41) is 10.5. The standard InChI is InChI=1S/C20H14ClFN4OS/c1-12(27)23-19-10-17(13-4-8-16(22)9-5-13)25-26(19)20-24-18(11-28-20)14-2-6-15(21)7-3-14/h2-11H,1H3,(H,23,27). The van der Waals surface area contributed by atoms with Gasteiger partial charge in [0.2, 0.25) is 11.0 Å². The maximum absolute atomic E-state index is 13.2. The maximum atomic E-state index is 13.2. The van der Waals surface area contributed by atoms with Crippen molar-refractivity contribution in [3.8, 4) is 27.6 Å². The average Bonchev–Trinajstić information content (AvgIpc) is 3.30. The van der Waals surface area contributed by atoms with Gasteiger partial charge in [-0.25, -0.2) is 9.37 Å². The van der Waals surface area contributed by atoms with Crippen molar-refractivity contribution >= 4 is 34.7 Å². The quantitative estimate of drug-likeness (QED) is 0.487. The molecule has 0 aliphatic rings. The molecule has 5 nitrogen and oxygen atoms in total. The number of hydrogen-bond acceptors (Lipinski definition) is 4. The summed E-state index contributed by atoms with van der Waals surface area (Å²) < 4.78 is 14.8. The highest BCUT2D eigenvalue weighted by molar-refractivity contribution is 7.12. The summed E-state index contributed by atoms with van der Waals surface area (Å²) in [5.41, 5.74) is 3.05. The summed E-state index contributed by atoms with van der Waals surface area (Å²) in [6.07, 6.45) is 0. The van der Waals surface area contributed by atoms with E-state index in [0.717, 1.165) is 16.8 Å². The zero-order valence-corrected chi connectivity index (χ0v) is 16.3. The zero-order valence-electron chi connectivity index (χ0n) is 14.7. The molecule has 0 atom stereocenters. The van der Waals surface area contributed by atoms with Crippen molar-refractivity contribution in [2.45, 2.75) is 6.92 Å². The molecule has 0 aliphatic carbocycles. The van der Waals surface area contributed by atoms with Crippen LogP contribution in [0.2, 0.25) is 5.02 Å². The predicted octanol–water partition coefficient (Wildman–Crippen LogP) is 5.41. The lowest BCUT2D eigenvalue weighted by atomic mass is 10.1. The lowest BCUT2D eigenvalue weighted by molar-refractivity contribution is -0.114. The van der Waals surface area contributed by atoms with Crippen LogP contribution in [-0.4, -0.2) is 20.7 Å². The molecule has 0 unspecified atom stereocenters.